The minimum atomic E-state index is -2.25. The molecule has 0 bridgehead atoms. The summed E-state index contributed by atoms with van der Waals surface area (Å²) in [5.41, 5.74) is -0.274. The number of hydrogen-bond donors (Lipinski definition) is 1. The van der Waals surface area contributed by atoms with Crippen LogP contribution in [0, 0.1) is 29.1 Å². The van der Waals surface area contributed by atoms with Gasteiger partial charge in [0.15, 0.2) is 23.3 Å². The largest absolute Gasteiger partial charge is 0.507 e. The van der Waals surface area contributed by atoms with Crippen molar-refractivity contribution in [3.8, 4) is 5.75 Å². The van der Waals surface area contributed by atoms with Crippen LogP contribution in [0.3, 0.4) is 0 Å². The molecular weight excluding hydrogens is 365 g/mol. The molecule has 0 radical (unpaired) electrons. The summed E-state index contributed by atoms with van der Waals surface area (Å²) in [6.07, 6.45) is 2.75. The predicted octanol–water partition coefficient (Wildman–Crippen LogP) is 5.86. The molecule has 0 amide bonds. The Morgan fingerprint density at radius 1 is 0.963 bits per heavy atom. The second-order valence-electron chi connectivity index (χ2n) is 6.99. The summed E-state index contributed by atoms with van der Waals surface area (Å²) in [6, 6.07) is 3.30. The van der Waals surface area contributed by atoms with Gasteiger partial charge in [0, 0.05) is 11.8 Å². The van der Waals surface area contributed by atoms with Gasteiger partial charge in [-0.25, -0.2) is 26.9 Å². The number of aromatic hydroxyl groups is 1. The van der Waals surface area contributed by atoms with E-state index >= 15 is 0 Å². The van der Waals surface area contributed by atoms with E-state index in [0.717, 1.165) is 11.8 Å². The van der Waals surface area contributed by atoms with Crippen molar-refractivity contribution in [2.45, 2.75) is 32.6 Å². The van der Waals surface area contributed by atoms with Gasteiger partial charge in [-0.15, -0.1) is 6.58 Å². The first-order chi connectivity index (χ1) is 12.5. The molecule has 144 valence electrons. The molecule has 2 aromatic rings. The van der Waals surface area contributed by atoms with E-state index in [4.69, 9.17) is 0 Å². The zero-order valence-electron chi connectivity index (χ0n) is 15.0. The number of nitrogens with zero attached hydrogens (tertiary/aromatic N) is 1. The van der Waals surface area contributed by atoms with E-state index < -0.39 is 34.8 Å². The lowest BCUT2D eigenvalue weighted by atomic mass is 9.84. The summed E-state index contributed by atoms with van der Waals surface area (Å²) in [5, 5.41) is 10.3. The number of rotatable bonds is 4. The molecule has 0 atom stereocenters. The quantitative estimate of drug-likeness (QED) is 0.232. The highest BCUT2D eigenvalue weighted by molar-refractivity contribution is 5.86. The first kappa shape index (κ1) is 20.6. The van der Waals surface area contributed by atoms with Crippen molar-refractivity contribution in [3.05, 3.63) is 70.6 Å². The van der Waals surface area contributed by atoms with E-state index in [1.807, 2.05) is 20.8 Å². The first-order valence-electron chi connectivity index (χ1n) is 8.01. The van der Waals surface area contributed by atoms with Gasteiger partial charge in [0.25, 0.3) is 0 Å². The highest BCUT2D eigenvalue weighted by atomic mass is 19.2. The van der Waals surface area contributed by atoms with Crippen LogP contribution in [0.5, 0.6) is 5.75 Å². The van der Waals surface area contributed by atoms with Crippen LogP contribution < -0.4 is 0 Å². The fourth-order valence-corrected chi connectivity index (χ4v) is 2.40. The topological polar surface area (TPSA) is 32.6 Å². The van der Waals surface area contributed by atoms with Gasteiger partial charge >= 0.3 is 0 Å². The van der Waals surface area contributed by atoms with Crippen molar-refractivity contribution in [3.63, 3.8) is 0 Å². The Morgan fingerprint density at radius 2 is 1.48 bits per heavy atom. The highest BCUT2D eigenvalue weighted by Gasteiger charge is 2.25. The summed E-state index contributed by atoms with van der Waals surface area (Å²) in [6.45, 7) is 9.36. The molecular formula is C20H18F5NO. The zero-order chi connectivity index (χ0) is 20.5. The van der Waals surface area contributed by atoms with E-state index in [0.29, 0.717) is 12.0 Å². The molecule has 0 spiro atoms. The minimum absolute atomic E-state index is 0.0863. The predicted molar refractivity (Wildman–Crippen MR) is 94.2 cm³/mol. The van der Waals surface area contributed by atoms with E-state index in [-0.39, 0.29) is 16.7 Å². The Labute approximate surface area is 153 Å². The lowest BCUT2D eigenvalue weighted by Gasteiger charge is -2.21. The number of hydrogen-bond acceptors (Lipinski definition) is 2. The minimum Gasteiger partial charge on any atom is -0.507 e. The van der Waals surface area contributed by atoms with Crippen LogP contribution in [0.2, 0.25) is 0 Å². The summed E-state index contributed by atoms with van der Waals surface area (Å²) in [7, 11) is 0. The van der Waals surface area contributed by atoms with Crippen LogP contribution in [0.15, 0.2) is 29.8 Å². The first-order valence-corrected chi connectivity index (χ1v) is 8.01. The Balaban J connectivity index is 2.64. The molecule has 0 unspecified atom stereocenters. The van der Waals surface area contributed by atoms with Crippen LogP contribution in [0.1, 0.15) is 37.5 Å². The second-order valence-corrected chi connectivity index (χ2v) is 6.99. The maximum Gasteiger partial charge on any atom is 0.200 e. The van der Waals surface area contributed by atoms with Gasteiger partial charge in [-0.3, -0.25) is 0 Å². The number of aliphatic imine (C=N–C) groups is 1. The molecule has 1 N–H and O–H groups in total. The second kappa shape index (κ2) is 7.50. The Morgan fingerprint density at radius 3 is 1.96 bits per heavy atom. The fraction of sp³-hybridized carbons (Fsp3) is 0.250. The number of phenols is 1. The van der Waals surface area contributed by atoms with Gasteiger partial charge in [-0.2, -0.15) is 0 Å². The lowest BCUT2D eigenvalue weighted by Crippen LogP contribution is -2.12. The maximum atomic E-state index is 13.8. The molecule has 2 aromatic carbocycles. The molecule has 0 heterocycles. The summed E-state index contributed by atoms with van der Waals surface area (Å²) in [4.78, 5) is 3.42. The zero-order valence-corrected chi connectivity index (χ0v) is 15.0. The molecule has 0 aliphatic heterocycles. The van der Waals surface area contributed by atoms with E-state index in [2.05, 4.69) is 11.6 Å². The maximum absolute atomic E-state index is 13.8. The molecule has 0 aliphatic rings. The van der Waals surface area contributed by atoms with Crippen LogP contribution >= 0.6 is 0 Å². The summed E-state index contributed by atoms with van der Waals surface area (Å²) < 4.78 is 67.2. The van der Waals surface area contributed by atoms with E-state index in [1.54, 1.807) is 12.1 Å². The average molecular weight is 383 g/mol. The molecule has 7 heteroatoms. The molecule has 0 fully saturated rings. The fourth-order valence-electron chi connectivity index (χ4n) is 2.40. The molecule has 2 rings (SSSR count). The number of benzene rings is 2. The van der Waals surface area contributed by atoms with Crippen molar-refractivity contribution in [2.24, 2.45) is 4.99 Å². The molecule has 0 saturated carbocycles. The molecule has 2 nitrogen and oxygen atoms in total. The molecule has 0 aliphatic carbocycles. The van der Waals surface area contributed by atoms with Crippen molar-refractivity contribution in [1.29, 1.82) is 0 Å². The lowest BCUT2D eigenvalue weighted by molar-refractivity contribution is 0.381. The van der Waals surface area contributed by atoms with Crippen molar-refractivity contribution in [2.75, 3.05) is 0 Å². The third-order valence-electron chi connectivity index (χ3n) is 3.97. The Hall–Kier alpha value is -2.70. The monoisotopic (exact) mass is 383 g/mol. The van der Waals surface area contributed by atoms with E-state index in [1.165, 1.54) is 6.07 Å². The van der Waals surface area contributed by atoms with Gasteiger partial charge in [0.1, 0.15) is 11.4 Å². The number of allylic oxidation sites excluding steroid dienone is 1. The van der Waals surface area contributed by atoms with Crippen LogP contribution in [-0.2, 0) is 11.8 Å². The van der Waals surface area contributed by atoms with Crippen LogP contribution in [0.4, 0.5) is 27.6 Å². The summed E-state index contributed by atoms with van der Waals surface area (Å²) >= 11 is 0. The van der Waals surface area contributed by atoms with Crippen molar-refractivity contribution in [1.82, 2.24) is 0 Å². The van der Waals surface area contributed by atoms with Crippen molar-refractivity contribution < 1.29 is 27.1 Å². The van der Waals surface area contributed by atoms with Crippen LogP contribution in [0.25, 0.3) is 0 Å². The Bertz CT molecular complexity index is 900. The SMILES string of the molecule is C=CCc1cc(C(C)(C)C)cc(C=Nc2c(F)c(F)c(F)c(F)c2F)c1O. The highest BCUT2D eigenvalue weighted by Crippen LogP contribution is 2.33. The summed E-state index contributed by atoms with van der Waals surface area (Å²) in [5.74, 6) is -10.7. The smallest absolute Gasteiger partial charge is 0.200 e. The average Bonchev–Trinajstić information content (AvgIpc) is 2.60. The van der Waals surface area contributed by atoms with Crippen molar-refractivity contribution >= 4 is 11.9 Å². The Kier molecular flexibility index (Phi) is 5.73. The third-order valence-corrected chi connectivity index (χ3v) is 3.97. The van der Waals surface area contributed by atoms with Gasteiger partial charge in [-0.1, -0.05) is 32.9 Å². The van der Waals surface area contributed by atoms with Gasteiger partial charge in [0.05, 0.1) is 0 Å². The number of halogens is 5. The van der Waals surface area contributed by atoms with Gasteiger partial charge < -0.3 is 5.11 Å². The molecule has 27 heavy (non-hydrogen) atoms. The molecule has 0 saturated heterocycles. The van der Waals surface area contributed by atoms with Crippen LogP contribution in [-0.4, -0.2) is 11.3 Å². The third kappa shape index (κ3) is 4.02. The molecule has 0 aromatic heterocycles. The van der Waals surface area contributed by atoms with Gasteiger partial charge in [0.2, 0.25) is 5.82 Å². The number of phenolic OH excluding ortho intramolecular Hbond substituents is 1. The van der Waals surface area contributed by atoms with Gasteiger partial charge in [-0.05, 0) is 29.0 Å². The normalized spacial score (nSPS) is 12.0. The standard InChI is InChI=1S/C20H18F5NO/c1-5-6-10-7-12(20(2,3)4)8-11(19(10)27)9-26-18-16(24)14(22)13(21)15(23)17(18)25/h5,7-9,27H,1,6H2,2-4H3. The van der Waals surface area contributed by atoms with E-state index in [9.17, 15) is 27.1 Å².